The second-order valence-corrected chi connectivity index (χ2v) is 2.96. The number of hydrogen-bond acceptors (Lipinski definition) is 1. The minimum absolute atomic E-state index is 0.532. The standard InChI is InChI=1S/C8H10ClN.C2H6/c1-6(2)7-3-4-8(9)10-5-7;1-2/h3-6H,1-2H3;1-2H3. The molecule has 0 atom stereocenters. The molecular formula is C10H16ClN. The lowest BCUT2D eigenvalue weighted by Crippen LogP contribution is -1.87. The van der Waals surface area contributed by atoms with Crippen LogP contribution >= 0.6 is 11.6 Å². The predicted octanol–water partition coefficient (Wildman–Crippen LogP) is 3.88. The highest BCUT2D eigenvalue weighted by Crippen LogP contribution is 2.13. The van der Waals surface area contributed by atoms with E-state index in [1.54, 1.807) is 0 Å². The summed E-state index contributed by atoms with van der Waals surface area (Å²) in [6.45, 7) is 8.26. The van der Waals surface area contributed by atoms with Crippen LogP contribution in [0.3, 0.4) is 0 Å². The first-order chi connectivity index (χ1) is 5.70. The summed E-state index contributed by atoms with van der Waals surface area (Å²) in [7, 11) is 0. The first-order valence-corrected chi connectivity index (χ1v) is 4.69. The third-order valence-corrected chi connectivity index (χ3v) is 1.64. The Balaban J connectivity index is 0.000000561. The van der Waals surface area contributed by atoms with Gasteiger partial charge in [-0.05, 0) is 17.5 Å². The van der Waals surface area contributed by atoms with Crippen LogP contribution in [0.4, 0.5) is 0 Å². The molecule has 0 aliphatic carbocycles. The van der Waals surface area contributed by atoms with E-state index in [0.29, 0.717) is 11.1 Å². The fourth-order valence-corrected chi connectivity index (χ4v) is 0.841. The van der Waals surface area contributed by atoms with Gasteiger partial charge in [-0.15, -0.1) is 0 Å². The fraction of sp³-hybridized carbons (Fsp3) is 0.500. The van der Waals surface area contributed by atoms with Crippen LogP contribution in [0.15, 0.2) is 18.3 Å². The Labute approximate surface area is 79.8 Å². The zero-order chi connectivity index (χ0) is 9.56. The van der Waals surface area contributed by atoms with Gasteiger partial charge in [0.05, 0.1) is 0 Å². The third-order valence-electron chi connectivity index (χ3n) is 1.42. The molecule has 0 bridgehead atoms. The molecule has 68 valence electrons. The van der Waals surface area contributed by atoms with Crippen molar-refractivity contribution in [1.29, 1.82) is 0 Å². The summed E-state index contributed by atoms with van der Waals surface area (Å²) in [5, 5.41) is 0.560. The van der Waals surface area contributed by atoms with Crippen LogP contribution < -0.4 is 0 Å². The molecule has 12 heavy (non-hydrogen) atoms. The lowest BCUT2D eigenvalue weighted by molar-refractivity contribution is 0.858. The number of rotatable bonds is 1. The molecule has 0 saturated heterocycles. The number of hydrogen-bond donors (Lipinski definition) is 0. The normalized spacial score (nSPS) is 9.17. The molecule has 0 spiro atoms. The highest BCUT2D eigenvalue weighted by Gasteiger charge is 1.97. The SMILES string of the molecule is CC.CC(C)c1ccc(Cl)nc1. The van der Waals surface area contributed by atoms with E-state index in [1.165, 1.54) is 5.56 Å². The highest BCUT2D eigenvalue weighted by atomic mass is 35.5. The van der Waals surface area contributed by atoms with Crippen molar-refractivity contribution in [1.82, 2.24) is 4.98 Å². The van der Waals surface area contributed by atoms with Crippen LogP contribution in [0.2, 0.25) is 5.15 Å². The first kappa shape index (κ1) is 11.4. The molecule has 0 aliphatic rings. The van der Waals surface area contributed by atoms with Crippen molar-refractivity contribution in [3.8, 4) is 0 Å². The lowest BCUT2D eigenvalue weighted by Gasteiger charge is -2.02. The average Bonchev–Trinajstić information content (AvgIpc) is 2.09. The maximum absolute atomic E-state index is 5.61. The Morgan fingerprint density at radius 2 is 1.83 bits per heavy atom. The molecular weight excluding hydrogens is 170 g/mol. The molecule has 1 rings (SSSR count). The lowest BCUT2D eigenvalue weighted by atomic mass is 10.1. The summed E-state index contributed by atoms with van der Waals surface area (Å²) >= 11 is 5.61. The summed E-state index contributed by atoms with van der Waals surface area (Å²) < 4.78 is 0. The van der Waals surface area contributed by atoms with Crippen LogP contribution in [0, 0.1) is 0 Å². The largest absolute Gasteiger partial charge is 0.244 e. The van der Waals surface area contributed by atoms with E-state index >= 15 is 0 Å². The molecule has 0 amide bonds. The topological polar surface area (TPSA) is 12.9 Å². The molecule has 1 aromatic heterocycles. The zero-order valence-corrected chi connectivity index (χ0v) is 8.89. The van der Waals surface area contributed by atoms with Crippen LogP contribution in [-0.2, 0) is 0 Å². The third kappa shape index (κ3) is 3.72. The highest BCUT2D eigenvalue weighted by molar-refractivity contribution is 6.29. The van der Waals surface area contributed by atoms with Gasteiger partial charge in [-0.2, -0.15) is 0 Å². The first-order valence-electron chi connectivity index (χ1n) is 4.31. The molecule has 0 radical (unpaired) electrons. The van der Waals surface area contributed by atoms with Crippen LogP contribution in [0.1, 0.15) is 39.2 Å². The van der Waals surface area contributed by atoms with Gasteiger partial charge in [0.15, 0.2) is 0 Å². The Kier molecular flexibility index (Phi) is 5.73. The summed E-state index contributed by atoms with van der Waals surface area (Å²) in [5.41, 5.74) is 1.23. The van der Waals surface area contributed by atoms with Crippen molar-refractivity contribution in [3.05, 3.63) is 29.0 Å². The van der Waals surface area contributed by atoms with E-state index < -0.39 is 0 Å². The van der Waals surface area contributed by atoms with Crippen LogP contribution in [-0.4, -0.2) is 4.98 Å². The van der Waals surface area contributed by atoms with E-state index in [0.717, 1.165) is 0 Å². The number of halogens is 1. The van der Waals surface area contributed by atoms with Gasteiger partial charge in [0.25, 0.3) is 0 Å². The summed E-state index contributed by atoms with van der Waals surface area (Å²) in [6, 6.07) is 3.82. The van der Waals surface area contributed by atoms with E-state index in [2.05, 4.69) is 18.8 Å². The number of aromatic nitrogens is 1. The van der Waals surface area contributed by atoms with Gasteiger partial charge in [-0.3, -0.25) is 0 Å². The molecule has 0 saturated carbocycles. The molecule has 0 unspecified atom stereocenters. The van der Waals surface area contributed by atoms with Gasteiger partial charge in [0, 0.05) is 6.20 Å². The molecule has 0 aromatic carbocycles. The van der Waals surface area contributed by atoms with Crippen LogP contribution in [0.25, 0.3) is 0 Å². The van der Waals surface area contributed by atoms with Crippen molar-refractivity contribution in [2.75, 3.05) is 0 Å². The molecule has 0 fully saturated rings. The van der Waals surface area contributed by atoms with Gasteiger partial charge in [0.1, 0.15) is 5.15 Å². The summed E-state index contributed by atoms with van der Waals surface area (Å²) in [6.07, 6.45) is 1.81. The van der Waals surface area contributed by atoms with E-state index in [4.69, 9.17) is 11.6 Å². The van der Waals surface area contributed by atoms with Crippen molar-refractivity contribution in [2.24, 2.45) is 0 Å². The van der Waals surface area contributed by atoms with E-state index in [-0.39, 0.29) is 0 Å². The minimum Gasteiger partial charge on any atom is -0.244 e. The fourth-order valence-electron chi connectivity index (χ4n) is 0.729. The van der Waals surface area contributed by atoms with Gasteiger partial charge in [-0.25, -0.2) is 4.98 Å². The molecule has 1 heterocycles. The van der Waals surface area contributed by atoms with E-state index in [1.807, 2.05) is 32.2 Å². The average molecular weight is 186 g/mol. The Bertz CT molecular complexity index is 204. The Morgan fingerprint density at radius 1 is 1.25 bits per heavy atom. The summed E-state index contributed by atoms with van der Waals surface area (Å²) in [5.74, 6) is 0.532. The Morgan fingerprint density at radius 3 is 2.17 bits per heavy atom. The predicted molar refractivity (Wildman–Crippen MR) is 54.7 cm³/mol. The van der Waals surface area contributed by atoms with E-state index in [9.17, 15) is 0 Å². The second-order valence-electron chi connectivity index (χ2n) is 2.57. The smallest absolute Gasteiger partial charge is 0.129 e. The summed E-state index contributed by atoms with van der Waals surface area (Å²) in [4.78, 5) is 3.97. The van der Waals surface area contributed by atoms with Gasteiger partial charge in [-0.1, -0.05) is 45.4 Å². The van der Waals surface area contributed by atoms with Crippen molar-refractivity contribution >= 4 is 11.6 Å². The quantitative estimate of drug-likeness (QED) is 0.605. The molecule has 1 aromatic rings. The number of nitrogens with zero attached hydrogens (tertiary/aromatic N) is 1. The molecule has 2 heteroatoms. The van der Waals surface area contributed by atoms with Gasteiger partial charge in [0.2, 0.25) is 0 Å². The van der Waals surface area contributed by atoms with Crippen molar-refractivity contribution < 1.29 is 0 Å². The molecule has 1 nitrogen and oxygen atoms in total. The Hall–Kier alpha value is -0.560. The molecule has 0 aliphatic heterocycles. The van der Waals surface area contributed by atoms with Crippen molar-refractivity contribution in [2.45, 2.75) is 33.6 Å². The van der Waals surface area contributed by atoms with Crippen LogP contribution in [0.5, 0.6) is 0 Å². The zero-order valence-electron chi connectivity index (χ0n) is 8.13. The minimum atomic E-state index is 0.532. The second kappa shape index (κ2) is 6.01. The van der Waals surface area contributed by atoms with Crippen molar-refractivity contribution in [3.63, 3.8) is 0 Å². The maximum Gasteiger partial charge on any atom is 0.129 e. The maximum atomic E-state index is 5.61. The van der Waals surface area contributed by atoms with Gasteiger partial charge >= 0.3 is 0 Å². The molecule has 0 N–H and O–H groups in total. The number of pyridine rings is 1. The van der Waals surface area contributed by atoms with Gasteiger partial charge < -0.3 is 0 Å². The monoisotopic (exact) mass is 185 g/mol.